The minimum atomic E-state index is -1.65. The number of nitrogens with one attached hydrogen (secondary N) is 1. The number of anilines is 1. The van der Waals surface area contributed by atoms with E-state index in [4.69, 9.17) is 22.1 Å². The molecule has 2 aromatic heterocycles. The molecule has 9 nitrogen and oxygen atoms in total. The van der Waals surface area contributed by atoms with Gasteiger partial charge >= 0.3 is 0 Å². The Morgan fingerprint density at radius 1 is 1.57 bits per heavy atom. The molecule has 0 radical (unpaired) electrons. The summed E-state index contributed by atoms with van der Waals surface area (Å²) in [5.74, 6) is -0.768. The van der Waals surface area contributed by atoms with Crippen LogP contribution in [0.4, 0.5) is 10.3 Å². The number of halogens is 2. The zero-order chi connectivity index (χ0) is 15.3. The van der Waals surface area contributed by atoms with Gasteiger partial charge in [-0.3, -0.25) is 14.3 Å². The molecule has 1 aliphatic rings. The fourth-order valence-electron chi connectivity index (χ4n) is 2.09. The second kappa shape index (κ2) is 4.69. The number of H-pyrrole nitrogens is 1. The summed E-state index contributed by atoms with van der Waals surface area (Å²) >= 11 is 5.14. The first-order valence-electron chi connectivity index (χ1n) is 5.70. The van der Waals surface area contributed by atoms with Crippen molar-refractivity contribution in [2.75, 3.05) is 5.73 Å². The molecule has 1 aliphatic heterocycles. The summed E-state index contributed by atoms with van der Waals surface area (Å²) in [6.07, 6.45) is -3.27. The summed E-state index contributed by atoms with van der Waals surface area (Å²) < 4.78 is 19.3. The summed E-state index contributed by atoms with van der Waals surface area (Å²) in [5, 5.41) is 18.3. The second-order valence-corrected chi connectivity index (χ2v) is 4.68. The van der Waals surface area contributed by atoms with E-state index in [2.05, 4.69) is 15.0 Å². The van der Waals surface area contributed by atoms with Gasteiger partial charge in [0.2, 0.25) is 17.5 Å². The molecule has 2 aromatic rings. The van der Waals surface area contributed by atoms with Gasteiger partial charge in [0.15, 0.2) is 16.9 Å². The smallest absolute Gasteiger partial charge is 0.280 e. The predicted molar refractivity (Wildman–Crippen MR) is 68.7 cm³/mol. The van der Waals surface area contributed by atoms with Crippen molar-refractivity contribution in [3.05, 3.63) is 27.7 Å². The zero-order valence-electron chi connectivity index (χ0n) is 10.2. The van der Waals surface area contributed by atoms with Gasteiger partial charge in [-0.2, -0.15) is 9.37 Å². The Labute approximate surface area is 120 Å². The molecule has 1 saturated heterocycles. The van der Waals surface area contributed by atoms with Crippen LogP contribution in [0.25, 0.3) is 11.2 Å². The zero-order valence-corrected chi connectivity index (χ0v) is 11.0. The molecule has 0 aliphatic carbocycles. The van der Waals surface area contributed by atoms with Crippen LogP contribution in [0.5, 0.6) is 0 Å². The molecular formula is C10H9ClFN5O4. The highest BCUT2D eigenvalue weighted by Gasteiger charge is 2.43. The van der Waals surface area contributed by atoms with Gasteiger partial charge in [0.1, 0.15) is 18.5 Å². The SMILES string of the molecule is Nc1nc2c(ncn2[C@@H]2O/C(=C(\F)Cl)C(O)C2O)c(=O)[nH]1. The van der Waals surface area contributed by atoms with Gasteiger partial charge in [-0.05, 0) is 11.6 Å². The second-order valence-electron chi connectivity index (χ2n) is 4.34. The van der Waals surface area contributed by atoms with Crippen LogP contribution in [-0.4, -0.2) is 41.9 Å². The molecule has 0 aromatic carbocycles. The predicted octanol–water partition coefficient (Wildman–Crippen LogP) is -0.670. The van der Waals surface area contributed by atoms with E-state index in [1.165, 1.54) is 0 Å². The number of aromatic amines is 1. The van der Waals surface area contributed by atoms with Crippen LogP contribution >= 0.6 is 11.6 Å². The van der Waals surface area contributed by atoms with Crippen molar-refractivity contribution in [2.45, 2.75) is 18.4 Å². The molecule has 0 bridgehead atoms. The number of rotatable bonds is 1. The number of ether oxygens (including phenoxy) is 1. The minimum Gasteiger partial charge on any atom is -0.465 e. The molecule has 2 unspecified atom stereocenters. The topological polar surface area (TPSA) is 139 Å². The lowest BCUT2D eigenvalue weighted by Gasteiger charge is -2.15. The number of nitrogens with zero attached hydrogens (tertiary/aromatic N) is 3. The number of nitrogen functional groups attached to an aromatic ring is 1. The van der Waals surface area contributed by atoms with Crippen molar-refractivity contribution in [3.63, 3.8) is 0 Å². The number of nitrogens with two attached hydrogens (primary N) is 1. The third kappa shape index (κ3) is 2.04. The van der Waals surface area contributed by atoms with Gasteiger partial charge in [0.05, 0.1) is 0 Å². The third-order valence-corrected chi connectivity index (χ3v) is 3.23. The first-order valence-corrected chi connectivity index (χ1v) is 6.08. The van der Waals surface area contributed by atoms with Gasteiger partial charge in [-0.15, -0.1) is 0 Å². The van der Waals surface area contributed by atoms with Gasteiger partial charge in [-0.25, -0.2) is 4.98 Å². The molecule has 11 heteroatoms. The Balaban J connectivity index is 2.14. The average molecular weight is 318 g/mol. The van der Waals surface area contributed by atoms with Crippen molar-refractivity contribution >= 4 is 28.7 Å². The van der Waals surface area contributed by atoms with E-state index >= 15 is 0 Å². The van der Waals surface area contributed by atoms with Gasteiger partial charge in [0.25, 0.3) is 5.56 Å². The fraction of sp³-hybridized carbons (Fsp3) is 0.300. The van der Waals surface area contributed by atoms with Crippen LogP contribution < -0.4 is 11.3 Å². The normalized spacial score (nSPS) is 27.9. The highest BCUT2D eigenvalue weighted by Crippen LogP contribution is 2.36. The maximum absolute atomic E-state index is 13.0. The standard InChI is InChI=1S/C10H9ClFN5O4/c11-6(12)5-3(18)4(19)9(21-5)17-1-14-2-7(17)15-10(13)16-8(2)20/h1,3-4,9,18-19H,(H3,13,15,16,20)/b6-5-/t3?,4?,9-/m1/s1. The third-order valence-electron chi connectivity index (χ3n) is 3.04. The lowest BCUT2D eigenvalue weighted by Crippen LogP contribution is -2.28. The molecule has 112 valence electrons. The molecule has 0 spiro atoms. The molecule has 1 fully saturated rings. The molecule has 21 heavy (non-hydrogen) atoms. The van der Waals surface area contributed by atoms with Crippen LogP contribution in [-0.2, 0) is 4.74 Å². The minimum absolute atomic E-state index is 0.0173. The summed E-state index contributed by atoms with van der Waals surface area (Å²) in [7, 11) is 0. The van der Waals surface area contributed by atoms with Crippen LogP contribution in [0.2, 0.25) is 0 Å². The summed E-state index contributed by atoms with van der Waals surface area (Å²) in [6.45, 7) is 0. The van der Waals surface area contributed by atoms with E-state index < -0.39 is 35.0 Å². The van der Waals surface area contributed by atoms with E-state index in [0.29, 0.717) is 0 Å². The number of fused-ring (bicyclic) bond motifs is 1. The van der Waals surface area contributed by atoms with E-state index in [1.807, 2.05) is 0 Å². The summed E-state index contributed by atoms with van der Waals surface area (Å²) in [4.78, 5) is 21.6. The fourth-order valence-corrected chi connectivity index (χ4v) is 2.24. The number of hydrogen-bond donors (Lipinski definition) is 4. The molecule has 3 atom stereocenters. The number of imidazole rings is 1. The largest absolute Gasteiger partial charge is 0.465 e. The summed E-state index contributed by atoms with van der Waals surface area (Å²) in [5.41, 5.74) is 4.83. The van der Waals surface area contributed by atoms with Crippen molar-refractivity contribution in [2.24, 2.45) is 0 Å². The van der Waals surface area contributed by atoms with Crippen molar-refractivity contribution in [1.29, 1.82) is 0 Å². The maximum atomic E-state index is 13.0. The van der Waals surface area contributed by atoms with Crippen LogP contribution in [0.1, 0.15) is 6.23 Å². The van der Waals surface area contributed by atoms with E-state index in [0.717, 1.165) is 10.9 Å². The molecule has 3 heterocycles. The van der Waals surface area contributed by atoms with Crippen molar-refractivity contribution < 1.29 is 19.3 Å². The summed E-state index contributed by atoms with van der Waals surface area (Å²) in [6, 6.07) is 0. The van der Waals surface area contributed by atoms with E-state index in [9.17, 15) is 19.4 Å². The van der Waals surface area contributed by atoms with Crippen LogP contribution in [0.15, 0.2) is 22.2 Å². The quantitative estimate of drug-likeness (QED) is 0.547. The first kappa shape index (κ1) is 13.8. The van der Waals surface area contributed by atoms with Gasteiger partial charge < -0.3 is 20.7 Å². The van der Waals surface area contributed by atoms with Crippen LogP contribution in [0, 0.1) is 0 Å². The Kier molecular flexibility index (Phi) is 3.08. The van der Waals surface area contributed by atoms with Crippen LogP contribution in [0.3, 0.4) is 0 Å². The lowest BCUT2D eigenvalue weighted by molar-refractivity contribution is -0.0120. The Morgan fingerprint density at radius 3 is 2.90 bits per heavy atom. The Hall–Kier alpha value is -2.17. The maximum Gasteiger partial charge on any atom is 0.280 e. The molecular weight excluding hydrogens is 309 g/mol. The van der Waals surface area contributed by atoms with Crippen molar-refractivity contribution in [3.8, 4) is 0 Å². The number of hydrogen-bond acceptors (Lipinski definition) is 7. The Bertz CT molecular complexity index is 798. The highest BCUT2D eigenvalue weighted by atomic mass is 35.5. The first-order chi connectivity index (χ1) is 9.90. The monoisotopic (exact) mass is 317 g/mol. The molecule has 0 saturated carbocycles. The average Bonchev–Trinajstić information content (AvgIpc) is 2.93. The molecule has 3 rings (SSSR count). The highest BCUT2D eigenvalue weighted by molar-refractivity contribution is 6.28. The van der Waals surface area contributed by atoms with E-state index in [1.54, 1.807) is 0 Å². The van der Waals surface area contributed by atoms with E-state index in [-0.39, 0.29) is 17.1 Å². The molecule has 5 N–H and O–H groups in total. The number of aromatic nitrogens is 4. The molecule has 0 amide bonds. The van der Waals surface area contributed by atoms with Crippen molar-refractivity contribution in [1.82, 2.24) is 19.5 Å². The van der Waals surface area contributed by atoms with Gasteiger partial charge in [0, 0.05) is 0 Å². The lowest BCUT2D eigenvalue weighted by atomic mass is 10.2. The number of aliphatic hydroxyl groups is 2. The van der Waals surface area contributed by atoms with Gasteiger partial charge in [-0.1, -0.05) is 0 Å². The number of aliphatic hydroxyl groups excluding tert-OH is 2. The Morgan fingerprint density at radius 2 is 2.29 bits per heavy atom.